The Balaban J connectivity index is 1.60. The lowest BCUT2D eigenvalue weighted by Crippen LogP contribution is -2.33. The topological polar surface area (TPSA) is 52.3 Å². The summed E-state index contributed by atoms with van der Waals surface area (Å²) in [6, 6.07) is 6.87. The first-order valence-electron chi connectivity index (χ1n) is 10.9. The van der Waals surface area contributed by atoms with Crippen LogP contribution in [0.4, 0.5) is 4.39 Å². The Bertz CT molecular complexity index is 1290. The average molecular weight is 489 g/mol. The Kier molecular flexibility index (Phi) is 6.17. The van der Waals surface area contributed by atoms with Crippen molar-refractivity contribution >= 4 is 50.7 Å². The van der Waals surface area contributed by atoms with Crippen molar-refractivity contribution in [3.05, 3.63) is 46.1 Å². The molecule has 0 spiro atoms. The van der Waals surface area contributed by atoms with Gasteiger partial charge in [-0.2, -0.15) is 0 Å². The monoisotopic (exact) mass is 488 g/mol. The minimum absolute atomic E-state index is 0.127. The molecule has 0 aliphatic carbocycles. The minimum Gasteiger partial charge on any atom is -0.370 e. The second-order valence-electron chi connectivity index (χ2n) is 8.21. The van der Waals surface area contributed by atoms with E-state index in [4.69, 9.17) is 9.72 Å². The highest BCUT2D eigenvalue weighted by atomic mass is 32.2. The Labute approximate surface area is 199 Å². The van der Waals surface area contributed by atoms with E-state index in [0.29, 0.717) is 17.9 Å². The summed E-state index contributed by atoms with van der Waals surface area (Å²) in [5.74, 6) is 1.26. The van der Waals surface area contributed by atoms with Crippen molar-refractivity contribution in [3.8, 4) is 0 Å². The fourth-order valence-corrected chi connectivity index (χ4v) is 7.02. The van der Waals surface area contributed by atoms with E-state index in [0.717, 1.165) is 51.2 Å². The van der Waals surface area contributed by atoms with E-state index >= 15 is 0 Å². The van der Waals surface area contributed by atoms with Gasteiger partial charge in [0.1, 0.15) is 5.82 Å². The lowest BCUT2D eigenvalue weighted by molar-refractivity contribution is -0.0546. The summed E-state index contributed by atoms with van der Waals surface area (Å²) < 4.78 is 23.5. The molecule has 4 aromatic rings. The largest absolute Gasteiger partial charge is 0.370 e. The van der Waals surface area contributed by atoms with E-state index in [-0.39, 0.29) is 11.4 Å². The Morgan fingerprint density at radius 1 is 1.19 bits per heavy atom. The van der Waals surface area contributed by atoms with Gasteiger partial charge in [-0.1, -0.05) is 55.6 Å². The highest BCUT2D eigenvalue weighted by molar-refractivity contribution is 7.99. The molecular weight excluding hydrogens is 463 g/mol. The Hall–Kier alpha value is -1.68. The van der Waals surface area contributed by atoms with E-state index in [1.165, 1.54) is 28.3 Å². The molecule has 0 saturated carbocycles. The number of thioether (sulfide) groups is 2. The Morgan fingerprint density at radius 2 is 2.03 bits per heavy atom. The molecule has 3 aromatic heterocycles. The maximum Gasteiger partial charge on any atom is 0.198 e. The zero-order valence-electron chi connectivity index (χ0n) is 18.4. The first kappa shape index (κ1) is 22.1. The second-order valence-corrected chi connectivity index (χ2v) is 11.3. The summed E-state index contributed by atoms with van der Waals surface area (Å²) >= 11 is 4.97. The molecule has 1 aliphatic heterocycles. The molecule has 9 heteroatoms. The smallest absolute Gasteiger partial charge is 0.198 e. The quantitative estimate of drug-likeness (QED) is 0.218. The van der Waals surface area contributed by atoms with Gasteiger partial charge in [0.2, 0.25) is 0 Å². The lowest BCUT2D eigenvalue weighted by Gasteiger charge is -2.32. The summed E-state index contributed by atoms with van der Waals surface area (Å²) in [5, 5.41) is 10.7. The van der Waals surface area contributed by atoms with E-state index < -0.39 is 0 Å². The molecule has 5 nitrogen and oxygen atoms in total. The first-order valence-corrected chi connectivity index (χ1v) is 13.6. The van der Waals surface area contributed by atoms with Gasteiger partial charge in [-0.25, -0.2) is 13.8 Å². The summed E-state index contributed by atoms with van der Waals surface area (Å²) in [4.78, 5) is 6.42. The van der Waals surface area contributed by atoms with E-state index in [1.807, 2.05) is 12.1 Å². The van der Waals surface area contributed by atoms with Crippen LogP contribution in [0, 0.1) is 5.82 Å². The molecule has 0 fully saturated rings. The van der Waals surface area contributed by atoms with Crippen LogP contribution in [0.1, 0.15) is 49.6 Å². The van der Waals surface area contributed by atoms with Crippen LogP contribution in [-0.4, -0.2) is 30.9 Å². The molecule has 32 heavy (non-hydrogen) atoms. The van der Waals surface area contributed by atoms with Crippen molar-refractivity contribution in [1.29, 1.82) is 0 Å². The number of hydrogen-bond acceptors (Lipinski definition) is 7. The van der Waals surface area contributed by atoms with Crippen LogP contribution in [0.2, 0.25) is 0 Å². The SMILES string of the molecule is CCCSc1nc2c3c(sc2c2nnc(SCc4ccccc4F)n12)CC(C)(CC)OC3. The molecule has 4 heterocycles. The highest BCUT2D eigenvalue weighted by Gasteiger charge is 2.33. The van der Waals surface area contributed by atoms with Gasteiger partial charge in [-0.05, 0) is 31.4 Å². The van der Waals surface area contributed by atoms with Crippen LogP contribution in [0.3, 0.4) is 0 Å². The molecule has 5 rings (SSSR count). The molecule has 1 atom stereocenters. The predicted molar refractivity (Wildman–Crippen MR) is 130 cm³/mol. The maximum atomic E-state index is 14.1. The molecule has 1 aromatic carbocycles. The highest BCUT2D eigenvalue weighted by Crippen LogP contribution is 2.42. The molecule has 0 amide bonds. The summed E-state index contributed by atoms with van der Waals surface area (Å²) in [6.45, 7) is 7.10. The van der Waals surface area contributed by atoms with Gasteiger partial charge in [0.25, 0.3) is 0 Å². The third-order valence-electron chi connectivity index (χ3n) is 5.90. The van der Waals surface area contributed by atoms with Crippen LogP contribution in [0.5, 0.6) is 0 Å². The van der Waals surface area contributed by atoms with Gasteiger partial charge in [0.05, 0.1) is 22.4 Å². The van der Waals surface area contributed by atoms with Crippen molar-refractivity contribution < 1.29 is 9.13 Å². The molecule has 168 valence electrons. The molecule has 1 unspecified atom stereocenters. The van der Waals surface area contributed by atoms with Gasteiger partial charge in [-0.3, -0.25) is 0 Å². The van der Waals surface area contributed by atoms with Crippen molar-refractivity contribution in [2.45, 2.75) is 68.3 Å². The summed E-state index contributed by atoms with van der Waals surface area (Å²) in [5.41, 5.74) is 3.56. The molecule has 0 radical (unpaired) electrons. The first-order chi connectivity index (χ1) is 15.5. The zero-order chi connectivity index (χ0) is 22.3. The average Bonchev–Trinajstić information content (AvgIpc) is 3.38. The lowest BCUT2D eigenvalue weighted by atomic mass is 9.93. The van der Waals surface area contributed by atoms with Crippen molar-refractivity contribution in [1.82, 2.24) is 19.6 Å². The van der Waals surface area contributed by atoms with Crippen LogP contribution in [0.25, 0.3) is 15.9 Å². The molecule has 0 saturated heterocycles. The molecular formula is C23H25FN4OS3. The van der Waals surface area contributed by atoms with Crippen molar-refractivity contribution in [3.63, 3.8) is 0 Å². The minimum atomic E-state index is -0.195. The Morgan fingerprint density at radius 3 is 2.81 bits per heavy atom. The van der Waals surface area contributed by atoms with E-state index in [9.17, 15) is 4.39 Å². The van der Waals surface area contributed by atoms with Gasteiger partial charge < -0.3 is 4.74 Å². The molecule has 1 aliphatic rings. The number of benzene rings is 1. The van der Waals surface area contributed by atoms with Crippen molar-refractivity contribution in [2.75, 3.05) is 5.75 Å². The van der Waals surface area contributed by atoms with Crippen LogP contribution < -0.4 is 0 Å². The van der Waals surface area contributed by atoms with Gasteiger partial charge in [0, 0.05) is 28.4 Å². The van der Waals surface area contributed by atoms with Crippen LogP contribution in [0.15, 0.2) is 34.6 Å². The number of ether oxygens (including phenoxy) is 1. The number of thiophene rings is 1. The van der Waals surface area contributed by atoms with E-state index in [1.54, 1.807) is 29.2 Å². The number of nitrogens with zero attached hydrogens (tertiary/aromatic N) is 4. The summed E-state index contributed by atoms with van der Waals surface area (Å²) in [7, 11) is 0. The molecule has 0 N–H and O–H groups in total. The van der Waals surface area contributed by atoms with Crippen LogP contribution >= 0.6 is 34.9 Å². The second kappa shape index (κ2) is 8.93. The number of fused-ring (bicyclic) bond motifs is 5. The fraction of sp³-hybridized carbons (Fsp3) is 0.435. The normalized spacial score (nSPS) is 18.5. The molecule has 0 bridgehead atoms. The zero-order valence-corrected chi connectivity index (χ0v) is 20.8. The predicted octanol–water partition coefficient (Wildman–Crippen LogP) is 6.51. The summed E-state index contributed by atoms with van der Waals surface area (Å²) in [6.07, 6.45) is 2.92. The van der Waals surface area contributed by atoms with Crippen LogP contribution in [-0.2, 0) is 23.5 Å². The van der Waals surface area contributed by atoms with Crippen molar-refractivity contribution in [2.24, 2.45) is 0 Å². The van der Waals surface area contributed by atoms with Gasteiger partial charge in [0.15, 0.2) is 16.0 Å². The van der Waals surface area contributed by atoms with Gasteiger partial charge in [-0.15, -0.1) is 21.5 Å². The number of hydrogen-bond donors (Lipinski definition) is 0. The van der Waals surface area contributed by atoms with E-state index in [2.05, 4.69) is 35.4 Å². The third kappa shape index (κ3) is 3.93. The number of rotatable bonds is 7. The number of aromatic nitrogens is 4. The third-order valence-corrected chi connectivity index (χ3v) is 9.23. The maximum absolute atomic E-state index is 14.1. The fourth-order valence-electron chi connectivity index (χ4n) is 3.80. The standard InChI is InChI=1S/C23H25FN4OS3/c1-4-10-30-21-25-18-15-12-29-23(3,5-2)11-17(15)32-19(18)20-26-27-22(28(20)21)31-13-14-8-6-7-9-16(14)24/h6-9H,4-5,10-13H2,1-3H3. The number of halogens is 1. The van der Waals surface area contributed by atoms with Gasteiger partial charge >= 0.3 is 0 Å².